The lowest BCUT2D eigenvalue weighted by Gasteiger charge is -2.07. The number of aliphatic hydroxyl groups excluding tert-OH is 1. The molecule has 0 bridgehead atoms. The predicted molar refractivity (Wildman–Crippen MR) is 79.1 cm³/mol. The van der Waals surface area contributed by atoms with Crippen LogP contribution >= 0.6 is 0 Å². The van der Waals surface area contributed by atoms with Crippen LogP contribution in [0.3, 0.4) is 0 Å². The second-order valence-electron chi connectivity index (χ2n) is 4.63. The average Bonchev–Trinajstić information content (AvgIpc) is 2.50. The van der Waals surface area contributed by atoms with Gasteiger partial charge in [0, 0.05) is 12.2 Å². The van der Waals surface area contributed by atoms with Crippen LogP contribution in [0.1, 0.15) is 11.1 Å². The molecular weight excluding hydrogens is 271 g/mol. The molecule has 4 nitrogen and oxygen atoms in total. The number of carbonyl (C=O) groups is 1. The molecule has 2 aromatic carbocycles. The molecule has 0 fully saturated rings. The summed E-state index contributed by atoms with van der Waals surface area (Å²) >= 11 is 0. The Morgan fingerprint density at radius 3 is 2.24 bits per heavy atom. The lowest BCUT2D eigenvalue weighted by molar-refractivity contribution is -0.115. The first-order chi connectivity index (χ1) is 10.2. The molecule has 21 heavy (non-hydrogen) atoms. The molecule has 0 saturated carbocycles. The van der Waals surface area contributed by atoms with Crippen molar-refractivity contribution in [3.8, 4) is 0 Å². The van der Waals surface area contributed by atoms with E-state index in [1.807, 2.05) is 24.3 Å². The first kappa shape index (κ1) is 15.2. The SMILES string of the molecule is O=C(CNCc1ccc(CO)cc1)Nc1ccc(F)cc1. The lowest BCUT2D eigenvalue weighted by atomic mass is 10.1. The Morgan fingerprint density at radius 1 is 1.00 bits per heavy atom. The van der Waals surface area contributed by atoms with Crippen molar-refractivity contribution in [2.24, 2.45) is 0 Å². The highest BCUT2D eigenvalue weighted by Gasteiger charge is 2.02. The fraction of sp³-hybridized carbons (Fsp3) is 0.188. The molecule has 110 valence electrons. The van der Waals surface area contributed by atoms with Crippen molar-refractivity contribution in [1.29, 1.82) is 0 Å². The standard InChI is InChI=1S/C16H17FN2O2/c17-14-5-7-15(8-6-14)19-16(21)10-18-9-12-1-3-13(11-20)4-2-12/h1-8,18,20H,9-11H2,(H,19,21). The molecule has 0 spiro atoms. The molecule has 0 aliphatic heterocycles. The van der Waals surface area contributed by atoms with Gasteiger partial charge in [0.2, 0.25) is 5.91 Å². The van der Waals surface area contributed by atoms with Crippen molar-refractivity contribution in [3.05, 3.63) is 65.5 Å². The number of anilines is 1. The number of amides is 1. The van der Waals surface area contributed by atoms with Gasteiger partial charge in [0.25, 0.3) is 0 Å². The Hall–Kier alpha value is -2.24. The summed E-state index contributed by atoms with van der Waals surface area (Å²) in [5.74, 6) is -0.522. The van der Waals surface area contributed by atoms with Crippen LogP contribution in [0.5, 0.6) is 0 Å². The van der Waals surface area contributed by atoms with E-state index < -0.39 is 0 Å². The molecule has 0 atom stereocenters. The predicted octanol–water partition coefficient (Wildman–Crippen LogP) is 2.05. The molecule has 0 radical (unpaired) electrons. The van der Waals surface area contributed by atoms with Crippen LogP contribution in [0.2, 0.25) is 0 Å². The van der Waals surface area contributed by atoms with Crippen LogP contribution in [-0.4, -0.2) is 17.6 Å². The van der Waals surface area contributed by atoms with Gasteiger partial charge in [-0.05, 0) is 35.4 Å². The lowest BCUT2D eigenvalue weighted by Crippen LogP contribution is -2.27. The third kappa shape index (κ3) is 4.98. The number of carbonyl (C=O) groups excluding carboxylic acids is 1. The minimum Gasteiger partial charge on any atom is -0.392 e. The molecule has 2 aromatic rings. The fourth-order valence-electron chi connectivity index (χ4n) is 1.82. The zero-order chi connectivity index (χ0) is 15.1. The van der Waals surface area contributed by atoms with E-state index in [1.54, 1.807) is 0 Å². The zero-order valence-electron chi connectivity index (χ0n) is 11.5. The van der Waals surface area contributed by atoms with Crippen LogP contribution < -0.4 is 10.6 Å². The van der Waals surface area contributed by atoms with E-state index in [9.17, 15) is 9.18 Å². The van der Waals surface area contributed by atoms with Crippen molar-refractivity contribution >= 4 is 11.6 Å². The summed E-state index contributed by atoms with van der Waals surface area (Å²) in [5, 5.41) is 14.6. The maximum atomic E-state index is 12.7. The third-order valence-electron chi connectivity index (χ3n) is 2.95. The topological polar surface area (TPSA) is 61.4 Å². The van der Waals surface area contributed by atoms with E-state index >= 15 is 0 Å². The number of hydrogen-bond donors (Lipinski definition) is 3. The second-order valence-corrected chi connectivity index (χ2v) is 4.63. The smallest absolute Gasteiger partial charge is 0.238 e. The van der Waals surface area contributed by atoms with E-state index in [2.05, 4.69) is 10.6 Å². The molecule has 0 unspecified atom stereocenters. The molecule has 0 aromatic heterocycles. The fourth-order valence-corrected chi connectivity index (χ4v) is 1.82. The van der Waals surface area contributed by atoms with Gasteiger partial charge in [-0.3, -0.25) is 4.79 Å². The summed E-state index contributed by atoms with van der Waals surface area (Å²) in [6, 6.07) is 13.1. The van der Waals surface area contributed by atoms with E-state index in [0.717, 1.165) is 11.1 Å². The van der Waals surface area contributed by atoms with Gasteiger partial charge in [0.1, 0.15) is 5.82 Å². The first-order valence-corrected chi connectivity index (χ1v) is 6.62. The molecule has 5 heteroatoms. The second kappa shape index (κ2) is 7.52. The zero-order valence-corrected chi connectivity index (χ0v) is 11.5. The Bertz CT molecular complexity index is 582. The monoisotopic (exact) mass is 288 g/mol. The molecule has 0 aliphatic carbocycles. The van der Waals surface area contributed by atoms with Crippen LogP contribution in [0.4, 0.5) is 10.1 Å². The number of nitrogens with one attached hydrogen (secondary N) is 2. The number of rotatable bonds is 6. The minimum atomic E-state index is -0.336. The van der Waals surface area contributed by atoms with Crippen molar-refractivity contribution < 1.29 is 14.3 Å². The van der Waals surface area contributed by atoms with E-state index in [1.165, 1.54) is 24.3 Å². The minimum absolute atomic E-state index is 0.0216. The van der Waals surface area contributed by atoms with Crippen LogP contribution in [-0.2, 0) is 17.9 Å². The van der Waals surface area contributed by atoms with Gasteiger partial charge in [-0.15, -0.1) is 0 Å². The van der Waals surface area contributed by atoms with Gasteiger partial charge in [-0.1, -0.05) is 24.3 Å². The average molecular weight is 288 g/mol. The van der Waals surface area contributed by atoms with Crippen molar-refractivity contribution in [1.82, 2.24) is 5.32 Å². The van der Waals surface area contributed by atoms with Crippen molar-refractivity contribution in [2.75, 3.05) is 11.9 Å². The van der Waals surface area contributed by atoms with Crippen LogP contribution in [0.15, 0.2) is 48.5 Å². The Balaban J connectivity index is 1.74. The van der Waals surface area contributed by atoms with E-state index in [0.29, 0.717) is 12.2 Å². The third-order valence-corrected chi connectivity index (χ3v) is 2.95. The highest BCUT2D eigenvalue weighted by Crippen LogP contribution is 2.08. The summed E-state index contributed by atoms with van der Waals surface area (Å²) in [6.07, 6.45) is 0. The molecule has 1 amide bonds. The van der Waals surface area contributed by atoms with Crippen molar-refractivity contribution in [3.63, 3.8) is 0 Å². The van der Waals surface area contributed by atoms with Gasteiger partial charge in [0.15, 0.2) is 0 Å². The van der Waals surface area contributed by atoms with Crippen LogP contribution in [0, 0.1) is 5.82 Å². The number of halogens is 1. The summed E-state index contributed by atoms with van der Waals surface area (Å²) in [5.41, 5.74) is 2.45. The molecule has 0 aliphatic rings. The highest BCUT2D eigenvalue weighted by atomic mass is 19.1. The quantitative estimate of drug-likeness (QED) is 0.762. The van der Waals surface area contributed by atoms with Gasteiger partial charge in [0.05, 0.1) is 13.2 Å². The Morgan fingerprint density at radius 2 is 1.62 bits per heavy atom. The van der Waals surface area contributed by atoms with Gasteiger partial charge in [-0.2, -0.15) is 0 Å². The summed E-state index contributed by atoms with van der Waals surface area (Å²) in [7, 11) is 0. The van der Waals surface area contributed by atoms with Crippen LogP contribution in [0.25, 0.3) is 0 Å². The summed E-state index contributed by atoms with van der Waals surface area (Å²) in [4.78, 5) is 11.7. The first-order valence-electron chi connectivity index (χ1n) is 6.62. The normalized spacial score (nSPS) is 10.4. The molecule has 2 rings (SSSR count). The highest BCUT2D eigenvalue weighted by molar-refractivity contribution is 5.92. The molecular formula is C16H17FN2O2. The van der Waals surface area contributed by atoms with Gasteiger partial charge in [-0.25, -0.2) is 4.39 Å². The largest absolute Gasteiger partial charge is 0.392 e. The van der Waals surface area contributed by atoms with E-state index in [4.69, 9.17) is 5.11 Å². The summed E-state index contributed by atoms with van der Waals surface area (Å²) in [6.45, 7) is 0.745. The van der Waals surface area contributed by atoms with E-state index in [-0.39, 0.29) is 24.9 Å². The molecule has 3 N–H and O–H groups in total. The van der Waals surface area contributed by atoms with Crippen molar-refractivity contribution in [2.45, 2.75) is 13.2 Å². The maximum absolute atomic E-state index is 12.7. The number of benzene rings is 2. The Labute approximate surface area is 122 Å². The Kier molecular flexibility index (Phi) is 5.43. The molecule has 0 saturated heterocycles. The maximum Gasteiger partial charge on any atom is 0.238 e. The molecule has 0 heterocycles. The van der Waals surface area contributed by atoms with Gasteiger partial charge >= 0.3 is 0 Å². The summed E-state index contributed by atoms with van der Waals surface area (Å²) < 4.78 is 12.7. The number of hydrogen-bond acceptors (Lipinski definition) is 3. The number of aliphatic hydroxyl groups is 1. The van der Waals surface area contributed by atoms with Gasteiger partial charge < -0.3 is 15.7 Å².